The van der Waals surface area contributed by atoms with E-state index in [-0.39, 0.29) is 0 Å². The summed E-state index contributed by atoms with van der Waals surface area (Å²) in [6, 6.07) is 13.5. The third-order valence-electron chi connectivity index (χ3n) is 8.58. The summed E-state index contributed by atoms with van der Waals surface area (Å²) in [6.45, 7) is 6.75. The Bertz CT molecular complexity index is 1040. The van der Waals surface area contributed by atoms with Gasteiger partial charge in [0.2, 0.25) is 0 Å². The molecule has 6 rings (SSSR count). The maximum atomic E-state index is 9.57. The summed E-state index contributed by atoms with van der Waals surface area (Å²) in [5.74, 6) is 0.861. The molecule has 0 amide bonds. The average molecular weight is 411 g/mol. The van der Waals surface area contributed by atoms with Gasteiger partial charge >= 0.3 is 0 Å². The molecule has 5 unspecified atom stereocenters. The fraction of sp³-hybridized carbons (Fsp3) is 0.583. The first-order valence-corrected chi connectivity index (χ1v) is 12.2. The zero-order valence-corrected chi connectivity index (χ0v) is 18.7. The number of rotatable bonds is 2. The van der Waals surface area contributed by atoms with Crippen LogP contribution in [0.15, 0.2) is 24.3 Å². The number of hydrogen-bond donors (Lipinski definition) is 1. The summed E-state index contributed by atoms with van der Waals surface area (Å²) in [7, 11) is 2.00. The van der Waals surface area contributed by atoms with Gasteiger partial charge in [-0.3, -0.25) is 9.88 Å². The van der Waals surface area contributed by atoms with Crippen molar-refractivity contribution in [3.63, 3.8) is 0 Å². The fourth-order valence-electron chi connectivity index (χ4n) is 7.14. The number of anilines is 1. The third kappa shape index (κ3) is 3.36. The Hall–Kier alpha value is -2.03. The molecule has 7 heteroatoms. The summed E-state index contributed by atoms with van der Waals surface area (Å²) in [4.78, 5) is 10.1. The van der Waals surface area contributed by atoms with Gasteiger partial charge in [0.15, 0.2) is 7.85 Å². The first-order valence-electron chi connectivity index (χ1n) is 12.2. The van der Waals surface area contributed by atoms with Gasteiger partial charge < -0.3 is 10.2 Å². The van der Waals surface area contributed by atoms with Gasteiger partial charge in [-0.25, -0.2) is 0 Å². The summed E-state index contributed by atoms with van der Waals surface area (Å²) in [6.07, 6.45) is 6.92. The smallest absolute Gasteiger partial charge is 0.163 e. The predicted molar refractivity (Wildman–Crippen MR) is 130 cm³/mol. The van der Waals surface area contributed by atoms with Crippen LogP contribution in [0.5, 0.6) is 0 Å². The Morgan fingerprint density at radius 2 is 1.94 bits per heavy atom. The van der Waals surface area contributed by atoms with Crippen LogP contribution in [0.2, 0.25) is 18.5 Å². The molecule has 31 heavy (non-hydrogen) atoms. The van der Waals surface area contributed by atoms with E-state index in [2.05, 4.69) is 46.3 Å². The highest BCUT2D eigenvalue weighted by atomic mass is 15.3. The number of nitrogens with zero attached hydrogens (tertiary/aromatic N) is 4. The maximum absolute atomic E-state index is 9.57. The van der Waals surface area contributed by atoms with E-state index in [1.165, 1.54) is 44.1 Å². The van der Waals surface area contributed by atoms with Gasteiger partial charge in [0.1, 0.15) is 12.8 Å². The number of hydrogen-bond acceptors (Lipinski definition) is 5. The standard InChI is InChI=1S/C24H31B2N5/c1-15-12-30(22-6-2-16(11-27)24-21(22)5-7-23(25)29-24)14-20-8-17(13-31(15)20)26-9-18-3-4-19(10-26)28-18/h2,5-7,15,17-20,28H,3-4,8-10,12-14,25H2,1H3. The van der Waals surface area contributed by atoms with Crippen molar-refractivity contribution in [3.8, 4) is 6.07 Å². The summed E-state index contributed by atoms with van der Waals surface area (Å²) in [5.41, 5.74) is 3.74. The number of benzene rings is 1. The summed E-state index contributed by atoms with van der Waals surface area (Å²) in [5, 5.41) is 14.5. The van der Waals surface area contributed by atoms with Crippen molar-refractivity contribution in [3.05, 3.63) is 29.8 Å². The second-order valence-electron chi connectivity index (χ2n) is 10.6. The van der Waals surface area contributed by atoms with Crippen LogP contribution in [0.4, 0.5) is 5.69 Å². The van der Waals surface area contributed by atoms with Crippen LogP contribution in [0.1, 0.15) is 31.7 Å². The van der Waals surface area contributed by atoms with E-state index in [1.807, 2.05) is 13.9 Å². The van der Waals surface area contributed by atoms with Crippen LogP contribution in [0, 0.1) is 11.3 Å². The van der Waals surface area contributed by atoms with Gasteiger partial charge in [0.25, 0.3) is 0 Å². The lowest BCUT2D eigenvalue weighted by Gasteiger charge is -2.43. The summed E-state index contributed by atoms with van der Waals surface area (Å²) < 4.78 is 0. The van der Waals surface area contributed by atoms with Gasteiger partial charge in [-0.2, -0.15) is 5.26 Å². The van der Waals surface area contributed by atoms with Gasteiger partial charge in [-0.05, 0) is 62.3 Å². The number of piperazine rings is 1. The lowest BCUT2D eigenvalue weighted by molar-refractivity contribution is 0.166. The number of nitriles is 1. The van der Waals surface area contributed by atoms with Crippen LogP contribution in [0.25, 0.3) is 10.9 Å². The van der Waals surface area contributed by atoms with Crippen molar-refractivity contribution in [2.75, 3.05) is 24.5 Å². The molecule has 158 valence electrons. The van der Waals surface area contributed by atoms with Crippen LogP contribution >= 0.6 is 0 Å². The Kier molecular flexibility index (Phi) is 4.77. The quantitative estimate of drug-likeness (QED) is 0.762. The van der Waals surface area contributed by atoms with E-state index < -0.39 is 0 Å². The minimum atomic E-state index is 0.561. The van der Waals surface area contributed by atoms with Crippen molar-refractivity contribution >= 4 is 36.7 Å². The van der Waals surface area contributed by atoms with E-state index in [0.717, 1.165) is 54.2 Å². The first-order chi connectivity index (χ1) is 15.1. The maximum Gasteiger partial charge on any atom is 0.163 e. The molecule has 1 N–H and O–H groups in total. The van der Waals surface area contributed by atoms with Crippen molar-refractivity contribution in [2.45, 2.75) is 68.8 Å². The molecule has 0 aliphatic carbocycles. The second-order valence-corrected chi connectivity index (χ2v) is 10.6. The Morgan fingerprint density at radius 3 is 2.71 bits per heavy atom. The molecule has 2 aromatic rings. The van der Waals surface area contributed by atoms with Crippen LogP contribution < -0.4 is 15.8 Å². The van der Waals surface area contributed by atoms with E-state index in [0.29, 0.717) is 17.6 Å². The highest BCUT2D eigenvalue weighted by Crippen LogP contribution is 2.42. The minimum absolute atomic E-state index is 0.561. The monoisotopic (exact) mass is 411 g/mol. The van der Waals surface area contributed by atoms with Gasteiger partial charge in [-0.15, -0.1) is 0 Å². The highest BCUT2D eigenvalue weighted by molar-refractivity contribution is 6.61. The van der Waals surface area contributed by atoms with E-state index in [4.69, 9.17) is 4.98 Å². The zero-order valence-electron chi connectivity index (χ0n) is 18.7. The molecule has 5 nitrogen and oxygen atoms in total. The Labute approximate surface area is 186 Å². The molecule has 0 radical (unpaired) electrons. The molecule has 5 atom stereocenters. The molecule has 2 bridgehead atoms. The molecule has 4 saturated heterocycles. The van der Waals surface area contributed by atoms with Crippen LogP contribution in [-0.4, -0.2) is 68.2 Å². The molecule has 4 aliphatic heterocycles. The van der Waals surface area contributed by atoms with Crippen molar-refractivity contribution in [1.29, 1.82) is 5.26 Å². The fourth-order valence-corrected chi connectivity index (χ4v) is 7.14. The minimum Gasteiger partial charge on any atom is -0.368 e. The number of aromatic nitrogens is 1. The average Bonchev–Trinajstić information content (AvgIpc) is 3.35. The topological polar surface area (TPSA) is 55.2 Å². The molecule has 4 aliphatic rings. The number of fused-ring (bicyclic) bond motifs is 4. The lowest BCUT2D eigenvalue weighted by Crippen LogP contribution is -2.55. The normalized spacial score (nSPS) is 33.0. The lowest BCUT2D eigenvalue weighted by atomic mass is 9.34. The highest BCUT2D eigenvalue weighted by Gasteiger charge is 2.46. The largest absolute Gasteiger partial charge is 0.368 e. The molecule has 0 spiro atoms. The van der Waals surface area contributed by atoms with Gasteiger partial charge in [0.05, 0.1) is 11.1 Å². The molecular weight excluding hydrogens is 380 g/mol. The second kappa shape index (κ2) is 7.53. The van der Waals surface area contributed by atoms with Crippen LogP contribution in [-0.2, 0) is 0 Å². The van der Waals surface area contributed by atoms with E-state index in [9.17, 15) is 5.26 Å². The third-order valence-corrected chi connectivity index (χ3v) is 8.58. The SMILES string of the molecule is Bc1ccc2c(N3CC(C)N4CC(B5CC6CCC(C5)N6)CC4C3)ccc(C#N)c2n1. The Morgan fingerprint density at radius 1 is 1.13 bits per heavy atom. The van der Waals surface area contributed by atoms with Crippen molar-refractivity contribution in [1.82, 2.24) is 15.2 Å². The Balaban J connectivity index is 1.25. The van der Waals surface area contributed by atoms with Gasteiger partial charge in [-0.1, -0.05) is 18.7 Å². The summed E-state index contributed by atoms with van der Waals surface area (Å²) >= 11 is 0. The van der Waals surface area contributed by atoms with Crippen molar-refractivity contribution in [2.24, 2.45) is 0 Å². The molecule has 0 saturated carbocycles. The molecule has 1 aromatic carbocycles. The predicted octanol–water partition coefficient (Wildman–Crippen LogP) is 1.65. The molecular formula is C24H31B2N5. The first kappa shape index (κ1) is 19.6. The molecule has 1 aromatic heterocycles. The molecule has 4 fully saturated rings. The van der Waals surface area contributed by atoms with Gasteiger partial charge in [0, 0.05) is 48.3 Å². The molecule has 5 heterocycles. The van der Waals surface area contributed by atoms with Crippen LogP contribution in [0.3, 0.4) is 0 Å². The number of nitrogens with one attached hydrogen (secondary N) is 1. The number of pyridine rings is 1. The zero-order chi connectivity index (χ0) is 21.1. The van der Waals surface area contributed by atoms with Crippen molar-refractivity contribution < 1.29 is 0 Å². The van der Waals surface area contributed by atoms with E-state index in [1.54, 1.807) is 0 Å². The van der Waals surface area contributed by atoms with E-state index >= 15 is 0 Å².